The van der Waals surface area contributed by atoms with Crippen LogP contribution in [-0.4, -0.2) is 54.5 Å². The predicted octanol–water partition coefficient (Wildman–Crippen LogP) is -0.217. The minimum atomic E-state index is -0.0692. The molecule has 94 valence electrons. The lowest BCUT2D eigenvalue weighted by Gasteiger charge is -2.39. The fourth-order valence-electron chi connectivity index (χ4n) is 2.28. The highest BCUT2D eigenvalue weighted by molar-refractivity contribution is 5.75. The largest absolute Gasteiger partial charge is 0.301 e. The topological polar surface area (TPSA) is 61.6 Å². The Kier molecular flexibility index (Phi) is 5.73. The monoisotopic (exact) mass is 228 g/mol. The van der Waals surface area contributed by atoms with E-state index >= 15 is 0 Å². The average Bonchev–Trinajstić information content (AvgIpc) is 2.29. The summed E-state index contributed by atoms with van der Waals surface area (Å²) in [5.74, 6) is 4.96. The van der Waals surface area contributed by atoms with Gasteiger partial charge in [-0.25, -0.2) is 5.84 Å². The van der Waals surface area contributed by atoms with Crippen LogP contribution in [-0.2, 0) is 4.79 Å². The van der Waals surface area contributed by atoms with E-state index in [0.717, 1.165) is 39.1 Å². The predicted molar refractivity (Wildman–Crippen MR) is 64.7 cm³/mol. The van der Waals surface area contributed by atoms with E-state index in [2.05, 4.69) is 29.1 Å². The SMILES string of the molecule is CCN1CCN(CCCC(=O)NN)CC1C. The Morgan fingerprint density at radius 3 is 2.81 bits per heavy atom. The number of nitrogens with one attached hydrogen (secondary N) is 1. The average molecular weight is 228 g/mol. The molecular weight excluding hydrogens is 204 g/mol. The first-order chi connectivity index (χ1) is 7.67. The molecule has 1 heterocycles. The molecule has 1 atom stereocenters. The molecule has 1 unspecified atom stereocenters. The molecule has 1 saturated heterocycles. The molecule has 0 aliphatic carbocycles. The standard InChI is InChI=1S/C11H24N4O/c1-3-15-8-7-14(9-10(15)2)6-4-5-11(16)13-12/h10H,3-9,12H2,1-2H3,(H,13,16). The van der Waals surface area contributed by atoms with Gasteiger partial charge in [0.1, 0.15) is 0 Å². The van der Waals surface area contributed by atoms with Gasteiger partial charge in [0.15, 0.2) is 0 Å². The van der Waals surface area contributed by atoms with Gasteiger partial charge in [0, 0.05) is 32.1 Å². The fraction of sp³-hybridized carbons (Fsp3) is 0.909. The quantitative estimate of drug-likeness (QED) is 0.388. The summed E-state index contributed by atoms with van der Waals surface area (Å²) in [6.07, 6.45) is 1.42. The third-order valence-electron chi connectivity index (χ3n) is 3.29. The number of carbonyl (C=O) groups excluding carboxylic acids is 1. The van der Waals surface area contributed by atoms with Crippen LogP contribution in [0.15, 0.2) is 0 Å². The van der Waals surface area contributed by atoms with Gasteiger partial charge in [0.25, 0.3) is 0 Å². The number of rotatable bonds is 5. The molecule has 5 heteroatoms. The van der Waals surface area contributed by atoms with Crippen LogP contribution < -0.4 is 11.3 Å². The molecule has 1 aliphatic rings. The Morgan fingerprint density at radius 2 is 2.25 bits per heavy atom. The molecule has 16 heavy (non-hydrogen) atoms. The zero-order valence-corrected chi connectivity index (χ0v) is 10.4. The fourth-order valence-corrected chi connectivity index (χ4v) is 2.28. The van der Waals surface area contributed by atoms with Crippen LogP contribution in [0.1, 0.15) is 26.7 Å². The summed E-state index contributed by atoms with van der Waals surface area (Å²) < 4.78 is 0. The van der Waals surface area contributed by atoms with Crippen LogP contribution in [0.2, 0.25) is 0 Å². The molecule has 0 saturated carbocycles. The highest BCUT2D eigenvalue weighted by Crippen LogP contribution is 2.09. The Hall–Kier alpha value is -0.650. The number of piperazine rings is 1. The maximum Gasteiger partial charge on any atom is 0.233 e. The summed E-state index contributed by atoms with van der Waals surface area (Å²) in [4.78, 5) is 15.9. The van der Waals surface area contributed by atoms with Crippen molar-refractivity contribution >= 4 is 5.91 Å². The molecule has 1 rings (SSSR count). The van der Waals surface area contributed by atoms with Crippen LogP contribution in [0.5, 0.6) is 0 Å². The summed E-state index contributed by atoms with van der Waals surface area (Å²) in [7, 11) is 0. The van der Waals surface area contributed by atoms with E-state index in [-0.39, 0.29) is 5.91 Å². The van der Waals surface area contributed by atoms with Crippen molar-refractivity contribution in [3.63, 3.8) is 0 Å². The van der Waals surface area contributed by atoms with Crippen molar-refractivity contribution in [2.45, 2.75) is 32.7 Å². The molecule has 0 radical (unpaired) electrons. The van der Waals surface area contributed by atoms with E-state index < -0.39 is 0 Å². The molecule has 1 amide bonds. The molecule has 3 N–H and O–H groups in total. The van der Waals surface area contributed by atoms with Crippen LogP contribution in [0.3, 0.4) is 0 Å². The Bertz CT molecular complexity index is 222. The van der Waals surface area contributed by atoms with Crippen LogP contribution in [0, 0.1) is 0 Å². The van der Waals surface area contributed by atoms with Crippen molar-refractivity contribution in [1.29, 1.82) is 0 Å². The number of amides is 1. The van der Waals surface area contributed by atoms with Gasteiger partial charge in [-0.05, 0) is 26.4 Å². The van der Waals surface area contributed by atoms with E-state index in [1.807, 2.05) is 0 Å². The van der Waals surface area contributed by atoms with Crippen molar-refractivity contribution in [1.82, 2.24) is 15.2 Å². The molecule has 5 nitrogen and oxygen atoms in total. The van der Waals surface area contributed by atoms with E-state index in [4.69, 9.17) is 5.84 Å². The molecular formula is C11H24N4O. The molecule has 0 aromatic rings. The second-order valence-corrected chi connectivity index (χ2v) is 4.45. The number of likely N-dealkylation sites (N-methyl/N-ethyl adjacent to an activating group) is 1. The normalized spacial score (nSPS) is 23.3. The Balaban J connectivity index is 2.17. The second-order valence-electron chi connectivity index (χ2n) is 4.45. The third-order valence-corrected chi connectivity index (χ3v) is 3.29. The Morgan fingerprint density at radius 1 is 1.50 bits per heavy atom. The van der Waals surface area contributed by atoms with Crippen LogP contribution in [0.4, 0.5) is 0 Å². The van der Waals surface area contributed by atoms with Crippen molar-refractivity contribution in [3.05, 3.63) is 0 Å². The smallest absolute Gasteiger partial charge is 0.233 e. The van der Waals surface area contributed by atoms with Crippen molar-refractivity contribution in [2.75, 3.05) is 32.7 Å². The number of hydrazine groups is 1. The number of nitrogens with zero attached hydrogens (tertiary/aromatic N) is 2. The maximum atomic E-state index is 11.0. The van der Waals surface area contributed by atoms with E-state index in [1.165, 1.54) is 0 Å². The lowest BCUT2D eigenvalue weighted by atomic mass is 10.1. The Labute approximate surface area is 97.9 Å². The third kappa shape index (κ3) is 4.08. The second kappa shape index (κ2) is 6.83. The van der Waals surface area contributed by atoms with E-state index in [0.29, 0.717) is 12.5 Å². The van der Waals surface area contributed by atoms with Gasteiger partial charge >= 0.3 is 0 Å². The first-order valence-corrected chi connectivity index (χ1v) is 6.13. The summed E-state index contributed by atoms with van der Waals surface area (Å²) in [6.45, 7) is 9.96. The number of hydrogen-bond acceptors (Lipinski definition) is 4. The minimum Gasteiger partial charge on any atom is -0.301 e. The molecule has 0 bridgehead atoms. The minimum absolute atomic E-state index is 0.0692. The molecule has 0 spiro atoms. The van der Waals surface area contributed by atoms with Crippen LogP contribution in [0.25, 0.3) is 0 Å². The number of carbonyl (C=O) groups is 1. The summed E-state index contributed by atoms with van der Waals surface area (Å²) in [5.41, 5.74) is 2.16. The van der Waals surface area contributed by atoms with E-state index in [9.17, 15) is 4.79 Å². The van der Waals surface area contributed by atoms with Gasteiger partial charge in [-0.3, -0.25) is 15.1 Å². The number of nitrogens with two attached hydrogens (primary N) is 1. The van der Waals surface area contributed by atoms with Crippen molar-refractivity contribution in [3.8, 4) is 0 Å². The van der Waals surface area contributed by atoms with Crippen molar-refractivity contribution in [2.24, 2.45) is 5.84 Å². The van der Waals surface area contributed by atoms with Crippen LogP contribution >= 0.6 is 0 Å². The van der Waals surface area contributed by atoms with Gasteiger partial charge in [0.2, 0.25) is 5.91 Å². The lowest BCUT2D eigenvalue weighted by Crippen LogP contribution is -2.51. The van der Waals surface area contributed by atoms with Gasteiger partial charge in [-0.2, -0.15) is 0 Å². The van der Waals surface area contributed by atoms with Gasteiger partial charge in [-0.15, -0.1) is 0 Å². The molecule has 1 aliphatic heterocycles. The maximum absolute atomic E-state index is 11.0. The highest BCUT2D eigenvalue weighted by Gasteiger charge is 2.21. The van der Waals surface area contributed by atoms with Gasteiger partial charge in [-0.1, -0.05) is 6.92 Å². The first-order valence-electron chi connectivity index (χ1n) is 6.13. The summed E-state index contributed by atoms with van der Waals surface area (Å²) in [5, 5.41) is 0. The van der Waals surface area contributed by atoms with Gasteiger partial charge in [0.05, 0.1) is 0 Å². The zero-order chi connectivity index (χ0) is 12.0. The summed E-state index contributed by atoms with van der Waals surface area (Å²) in [6, 6.07) is 0.627. The zero-order valence-electron chi connectivity index (χ0n) is 10.4. The van der Waals surface area contributed by atoms with Gasteiger partial charge < -0.3 is 4.90 Å². The lowest BCUT2D eigenvalue weighted by molar-refractivity contribution is -0.121. The summed E-state index contributed by atoms with van der Waals surface area (Å²) >= 11 is 0. The van der Waals surface area contributed by atoms with Crippen molar-refractivity contribution < 1.29 is 4.79 Å². The number of hydrogen-bond donors (Lipinski definition) is 2. The van der Waals surface area contributed by atoms with E-state index in [1.54, 1.807) is 0 Å². The molecule has 0 aromatic heterocycles. The molecule has 1 fully saturated rings. The highest BCUT2D eigenvalue weighted by atomic mass is 16.2. The first kappa shape index (κ1) is 13.4. The molecule has 0 aromatic carbocycles.